The van der Waals surface area contributed by atoms with Crippen LogP contribution in [0.15, 0.2) is 48.5 Å². The van der Waals surface area contributed by atoms with Gasteiger partial charge in [0.05, 0.1) is 58.5 Å². The third kappa shape index (κ3) is 12.6. The van der Waals surface area contributed by atoms with E-state index in [2.05, 4.69) is 17.2 Å². The number of ether oxygens (including phenoxy) is 3. The molecule has 11 heteroatoms. The van der Waals surface area contributed by atoms with Crippen LogP contribution in [0.3, 0.4) is 0 Å². The first-order valence-corrected chi connectivity index (χ1v) is 15.8. The van der Waals surface area contributed by atoms with Crippen molar-refractivity contribution in [3.63, 3.8) is 0 Å². The quantitative estimate of drug-likeness (QED) is 0.155. The van der Waals surface area contributed by atoms with Crippen LogP contribution in [0.5, 0.6) is 0 Å². The minimum atomic E-state index is -3.46. The standard InChI is InChI=1S/C30H39N2O8P/c1-41(35,36)40-23-22-39-21-20-38-19-18-37-17-16-31-29(33)12-6-7-13-30(34)32-24-27-10-3-2-8-25(27)14-15-26-9-4-5-11-28(26)32/h2-5,8-11H,6-7,12-13,16-24H2,1H3,(H,31,33)(H,35,36). The fourth-order valence-electron chi connectivity index (χ4n) is 4.06. The van der Waals surface area contributed by atoms with Crippen LogP contribution >= 0.6 is 7.60 Å². The molecule has 1 aliphatic rings. The van der Waals surface area contributed by atoms with Crippen LogP contribution in [-0.2, 0) is 39.4 Å². The monoisotopic (exact) mass is 586 g/mol. The largest absolute Gasteiger partial charge is 0.377 e. The first kappa shape index (κ1) is 32.5. The SMILES string of the molecule is CP(=O)(O)OCCOCCOCCOCCNC(=O)CCCCC(=O)N1Cc2ccccc2C#Cc2ccccc21. The van der Waals surface area contributed by atoms with E-state index in [1.54, 1.807) is 4.90 Å². The van der Waals surface area contributed by atoms with Gasteiger partial charge < -0.3 is 33.8 Å². The molecule has 1 aliphatic heterocycles. The first-order valence-electron chi connectivity index (χ1n) is 13.8. The Bertz CT molecular complexity index is 1240. The van der Waals surface area contributed by atoms with E-state index < -0.39 is 7.60 Å². The number of amides is 2. The number of benzene rings is 2. The second-order valence-electron chi connectivity index (χ2n) is 9.43. The highest BCUT2D eigenvalue weighted by Gasteiger charge is 2.20. The molecule has 222 valence electrons. The second kappa shape index (κ2) is 17.7. The van der Waals surface area contributed by atoms with Gasteiger partial charge in [0.2, 0.25) is 11.8 Å². The molecule has 0 radical (unpaired) electrons. The summed E-state index contributed by atoms with van der Waals surface area (Å²) in [6.45, 7) is 4.13. The van der Waals surface area contributed by atoms with Gasteiger partial charge in [0.1, 0.15) is 0 Å². The lowest BCUT2D eigenvalue weighted by Crippen LogP contribution is -2.31. The van der Waals surface area contributed by atoms with E-state index in [-0.39, 0.29) is 25.0 Å². The Morgan fingerprint density at radius 1 is 0.854 bits per heavy atom. The van der Waals surface area contributed by atoms with Gasteiger partial charge in [-0.05, 0) is 36.6 Å². The number of para-hydroxylation sites is 1. The van der Waals surface area contributed by atoms with Gasteiger partial charge >= 0.3 is 7.60 Å². The Kier molecular flexibility index (Phi) is 14.0. The van der Waals surface area contributed by atoms with Gasteiger partial charge in [-0.3, -0.25) is 14.2 Å². The molecule has 2 aromatic rings. The highest BCUT2D eigenvalue weighted by molar-refractivity contribution is 7.51. The lowest BCUT2D eigenvalue weighted by atomic mass is 10.0. The molecular weight excluding hydrogens is 547 g/mol. The zero-order valence-electron chi connectivity index (χ0n) is 23.5. The van der Waals surface area contributed by atoms with Crippen molar-refractivity contribution in [2.45, 2.75) is 32.2 Å². The van der Waals surface area contributed by atoms with Crippen LogP contribution < -0.4 is 10.2 Å². The molecule has 41 heavy (non-hydrogen) atoms. The number of nitrogens with zero attached hydrogens (tertiary/aromatic N) is 1. The fourth-order valence-corrected chi connectivity index (χ4v) is 4.48. The number of carbonyl (C=O) groups excluding carboxylic acids is 2. The number of nitrogens with one attached hydrogen (secondary N) is 1. The van der Waals surface area contributed by atoms with Crippen molar-refractivity contribution < 1.29 is 37.8 Å². The molecule has 2 amide bonds. The summed E-state index contributed by atoms with van der Waals surface area (Å²) >= 11 is 0. The normalized spacial score (nSPS) is 13.6. The molecule has 1 heterocycles. The van der Waals surface area contributed by atoms with Gasteiger partial charge in [0, 0.05) is 37.2 Å². The summed E-state index contributed by atoms with van der Waals surface area (Å²) in [5.74, 6) is 6.38. The van der Waals surface area contributed by atoms with E-state index in [0.29, 0.717) is 71.8 Å². The number of unbranched alkanes of at least 4 members (excludes halogenated alkanes) is 1. The van der Waals surface area contributed by atoms with E-state index >= 15 is 0 Å². The van der Waals surface area contributed by atoms with Crippen molar-refractivity contribution >= 4 is 25.1 Å². The van der Waals surface area contributed by atoms with Gasteiger partial charge in [-0.15, -0.1) is 0 Å². The molecule has 1 unspecified atom stereocenters. The van der Waals surface area contributed by atoms with E-state index in [9.17, 15) is 14.2 Å². The third-order valence-corrected chi connectivity index (χ3v) is 6.75. The highest BCUT2D eigenvalue weighted by atomic mass is 31.2. The number of fused-ring (bicyclic) bond motifs is 2. The Morgan fingerprint density at radius 3 is 2.17 bits per heavy atom. The van der Waals surface area contributed by atoms with E-state index in [4.69, 9.17) is 23.6 Å². The summed E-state index contributed by atoms with van der Waals surface area (Å²) in [6, 6.07) is 15.6. The molecule has 0 bridgehead atoms. The van der Waals surface area contributed by atoms with Crippen molar-refractivity contribution in [1.29, 1.82) is 0 Å². The third-order valence-electron chi connectivity index (χ3n) is 6.09. The number of carbonyl (C=O) groups is 2. The number of rotatable bonds is 18. The van der Waals surface area contributed by atoms with E-state index in [1.807, 2.05) is 48.5 Å². The molecule has 0 saturated heterocycles. The maximum absolute atomic E-state index is 13.2. The average Bonchev–Trinajstić information content (AvgIpc) is 2.94. The van der Waals surface area contributed by atoms with Crippen molar-refractivity contribution in [1.82, 2.24) is 5.32 Å². The summed E-state index contributed by atoms with van der Waals surface area (Å²) in [7, 11) is -3.46. The molecule has 1 atom stereocenters. The predicted octanol–water partition coefficient (Wildman–Crippen LogP) is 3.49. The van der Waals surface area contributed by atoms with Crippen LogP contribution in [0.4, 0.5) is 5.69 Å². The van der Waals surface area contributed by atoms with Crippen LogP contribution in [0, 0.1) is 11.8 Å². The fraction of sp³-hybridized carbons (Fsp3) is 0.467. The summed E-state index contributed by atoms with van der Waals surface area (Å²) in [5.41, 5.74) is 3.59. The molecule has 0 fully saturated rings. The molecule has 3 rings (SSSR count). The summed E-state index contributed by atoms with van der Waals surface area (Å²) < 4.78 is 31.7. The summed E-state index contributed by atoms with van der Waals surface area (Å²) in [5, 5.41) is 2.83. The van der Waals surface area contributed by atoms with Crippen LogP contribution in [0.25, 0.3) is 0 Å². The molecule has 0 aromatic heterocycles. The zero-order chi connectivity index (χ0) is 29.3. The van der Waals surface area contributed by atoms with E-state index in [0.717, 1.165) is 29.0 Å². The Labute approximate surface area is 241 Å². The van der Waals surface area contributed by atoms with Crippen molar-refractivity contribution in [2.75, 3.05) is 64.4 Å². The topological polar surface area (TPSA) is 124 Å². The summed E-state index contributed by atoms with van der Waals surface area (Å²) in [6.07, 6.45) is 1.93. The smallest absolute Gasteiger partial charge is 0.325 e. The van der Waals surface area contributed by atoms with Crippen LogP contribution in [0.1, 0.15) is 42.4 Å². The van der Waals surface area contributed by atoms with Crippen LogP contribution in [0.2, 0.25) is 0 Å². The second-order valence-corrected chi connectivity index (χ2v) is 11.3. The number of hydrogen-bond acceptors (Lipinski definition) is 7. The Hall–Kier alpha value is -3.03. The van der Waals surface area contributed by atoms with Gasteiger partial charge in [-0.25, -0.2) is 0 Å². The summed E-state index contributed by atoms with van der Waals surface area (Å²) in [4.78, 5) is 36.2. The molecule has 2 N–H and O–H groups in total. The van der Waals surface area contributed by atoms with Gasteiger partial charge in [-0.2, -0.15) is 0 Å². The molecule has 0 aliphatic carbocycles. The first-order chi connectivity index (χ1) is 19.8. The van der Waals surface area contributed by atoms with Gasteiger partial charge in [-0.1, -0.05) is 42.2 Å². The maximum atomic E-state index is 13.2. The molecule has 0 saturated carbocycles. The lowest BCUT2D eigenvalue weighted by Gasteiger charge is -2.26. The minimum absolute atomic E-state index is 0.0160. The molecule has 2 aromatic carbocycles. The van der Waals surface area contributed by atoms with Gasteiger partial charge in [0.15, 0.2) is 0 Å². The molecule has 10 nitrogen and oxygen atoms in total. The molecule has 0 spiro atoms. The number of anilines is 1. The predicted molar refractivity (Wildman–Crippen MR) is 156 cm³/mol. The van der Waals surface area contributed by atoms with Crippen molar-refractivity contribution in [2.24, 2.45) is 0 Å². The average molecular weight is 587 g/mol. The van der Waals surface area contributed by atoms with Crippen LogP contribution in [-0.4, -0.2) is 76.2 Å². The molecular formula is C30H39N2O8P. The minimum Gasteiger partial charge on any atom is -0.377 e. The van der Waals surface area contributed by atoms with Crippen molar-refractivity contribution in [3.05, 3.63) is 65.2 Å². The van der Waals surface area contributed by atoms with Gasteiger partial charge in [0.25, 0.3) is 0 Å². The number of hydrogen-bond donors (Lipinski definition) is 2. The Balaban J connectivity index is 1.23. The zero-order valence-corrected chi connectivity index (χ0v) is 24.4. The highest BCUT2D eigenvalue weighted by Crippen LogP contribution is 2.35. The Morgan fingerprint density at radius 2 is 1.44 bits per heavy atom. The lowest BCUT2D eigenvalue weighted by molar-refractivity contribution is -0.122. The van der Waals surface area contributed by atoms with E-state index in [1.165, 1.54) is 0 Å². The maximum Gasteiger partial charge on any atom is 0.325 e. The van der Waals surface area contributed by atoms with Crippen molar-refractivity contribution in [3.8, 4) is 11.8 Å².